The average molecular weight is 241 g/mol. The second-order valence-electron chi connectivity index (χ2n) is 5.16. The third-order valence-corrected chi connectivity index (χ3v) is 3.64. The predicted octanol–water partition coefficient (Wildman–Crippen LogP) is 1.02. The van der Waals surface area contributed by atoms with Gasteiger partial charge in [0.05, 0.1) is 13.1 Å². The quantitative estimate of drug-likeness (QED) is 0.746. The maximum absolute atomic E-state index is 11.8. The van der Waals surface area contributed by atoms with Gasteiger partial charge in [-0.05, 0) is 30.9 Å². The lowest BCUT2D eigenvalue weighted by Crippen LogP contribution is -2.64. The summed E-state index contributed by atoms with van der Waals surface area (Å²) in [5.74, 6) is 5.68. The molecule has 92 valence electrons. The fourth-order valence-corrected chi connectivity index (χ4v) is 2.36. The standard InChI is InChI=1S/C15H15NO2/c17-14(9-6-12-4-2-1-3-5-12)16-10-15(18,11-16)13-7-8-13/h1-5,13,18H,7-8,10-11H2. The molecule has 2 fully saturated rings. The monoisotopic (exact) mass is 241 g/mol. The van der Waals surface area contributed by atoms with E-state index in [1.165, 1.54) is 0 Å². The SMILES string of the molecule is O=C(C#Cc1ccccc1)N1CC(O)(C2CC2)C1. The number of nitrogens with zero attached hydrogens (tertiary/aromatic N) is 1. The van der Waals surface area contributed by atoms with E-state index in [1.807, 2.05) is 30.3 Å². The van der Waals surface area contributed by atoms with Gasteiger partial charge in [-0.1, -0.05) is 24.1 Å². The molecular weight excluding hydrogens is 226 g/mol. The topological polar surface area (TPSA) is 40.5 Å². The molecular formula is C15H15NO2. The first-order valence-electron chi connectivity index (χ1n) is 6.26. The highest BCUT2D eigenvalue weighted by atomic mass is 16.3. The summed E-state index contributed by atoms with van der Waals surface area (Å²) in [6.45, 7) is 0.889. The Balaban J connectivity index is 1.59. The first-order valence-corrected chi connectivity index (χ1v) is 6.26. The molecule has 0 unspecified atom stereocenters. The number of benzene rings is 1. The lowest BCUT2D eigenvalue weighted by molar-refractivity contribution is -0.153. The second-order valence-corrected chi connectivity index (χ2v) is 5.16. The first-order chi connectivity index (χ1) is 8.67. The van der Waals surface area contributed by atoms with Crippen molar-refractivity contribution >= 4 is 5.91 Å². The van der Waals surface area contributed by atoms with Crippen LogP contribution in [0, 0.1) is 17.8 Å². The lowest BCUT2D eigenvalue weighted by atomic mass is 9.89. The third-order valence-electron chi connectivity index (χ3n) is 3.64. The van der Waals surface area contributed by atoms with Crippen molar-refractivity contribution < 1.29 is 9.90 Å². The van der Waals surface area contributed by atoms with E-state index in [0.29, 0.717) is 19.0 Å². The number of carbonyl (C=O) groups is 1. The Bertz CT molecular complexity index is 516. The Hall–Kier alpha value is -1.79. The molecule has 1 heterocycles. The van der Waals surface area contributed by atoms with Gasteiger partial charge in [0, 0.05) is 11.5 Å². The highest BCUT2D eigenvalue weighted by Gasteiger charge is 2.53. The molecule has 1 amide bonds. The van der Waals surface area contributed by atoms with Gasteiger partial charge in [-0.2, -0.15) is 0 Å². The zero-order valence-electron chi connectivity index (χ0n) is 10.1. The second kappa shape index (κ2) is 4.15. The van der Waals surface area contributed by atoms with Gasteiger partial charge >= 0.3 is 0 Å². The van der Waals surface area contributed by atoms with E-state index in [1.54, 1.807) is 4.90 Å². The van der Waals surface area contributed by atoms with Crippen molar-refractivity contribution in [2.24, 2.45) is 5.92 Å². The summed E-state index contributed by atoms with van der Waals surface area (Å²) in [6, 6.07) is 9.44. The van der Waals surface area contributed by atoms with E-state index >= 15 is 0 Å². The smallest absolute Gasteiger partial charge is 0.299 e. The van der Waals surface area contributed by atoms with Crippen LogP contribution in [0.2, 0.25) is 0 Å². The van der Waals surface area contributed by atoms with Crippen LogP contribution in [0.4, 0.5) is 0 Å². The Morgan fingerprint density at radius 2 is 1.94 bits per heavy atom. The number of amides is 1. The van der Waals surface area contributed by atoms with Gasteiger partial charge in [-0.3, -0.25) is 4.79 Å². The van der Waals surface area contributed by atoms with Crippen LogP contribution in [-0.4, -0.2) is 34.6 Å². The molecule has 0 bridgehead atoms. The summed E-state index contributed by atoms with van der Waals surface area (Å²) in [5, 5.41) is 10.1. The van der Waals surface area contributed by atoms with Crippen molar-refractivity contribution in [3.8, 4) is 11.8 Å². The van der Waals surface area contributed by atoms with E-state index in [-0.39, 0.29) is 5.91 Å². The number of likely N-dealkylation sites (tertiary alicyclic amines) is 1. The van der Waals surface area contributed by atoms with E-state index in [4.69, 9.17) is 0 Å². The van der Waals surface area contributed by atoms with Crippen LogP contribution in [0.3, 0.4) is 0 Å². The van der Waals surface area contributed by atoms with Crippen molar-refractivity contribution in [1.29, 1.82) is 0 Å². The molecule has 0 radical (unpaired) electrons. The van der Waals surface area contributed by atoms with Crippen LogP contribution in [0.25, 0.3) is 0 Å². The van der Waals surface area contributed by atoms with E-state index in [2.05, 4.69) is 11.8 Å². The molecule has 0 atom stereocenters. The summed E-state index contributed by atoms with van der Waals surface area (Å²) in [5.41, 5.74) is 0.216. The molecule has 1 saturated carbocycles. The Morgan fingerprint density at radius 3 is 2.56 bits per heavy atom. The normalized spacial score (nSPS) is 20.6. The van der Waals surface area contributed by atoms with Crippen LogP contribution in [0.5, 0.6) is 0 Å². The fourth-order valence-electron chi connectivity index (χ4n) is 2.36. The highest BCUT2D eigenvalue weighted by molar-refractivity contribution is 5.94. The molecule has 1 aliphatic heterocycles. The molecule has 1 aromatic rings. The van der Waals surface area contributed by atoms with E-state index in [0.717, 1.165) is 18.4 Å². The number of aliphatic hydroxyl groups is 1. The number of β-amino-alcohol motifs (C(OH)–C–C–N with tert-alkyl or cyclic N) is 1. The summed E-state index contributed by atoms with van der Waals surface area (Å²) in [7, 11) is 0. The minimum atomic E-state index is -0.621. The van der Waals surface area contributed by atoms with Crippen LogP contribution in [0.15, 0.2) is 30.3 Å². The Morgan fingerprint density at radius 1 is 1.28 bits per heavy atom. The maximum Gasteiger partial charge on any atom is 0.299 e. The van der Waals surface area contributed by atoms with Gasteiger partial charge in [0.25, 0.3) is 5.91 Å². The van der Waals surface area contributed by atoms with Crippen molar-refractivity contribution in [1.82, 2.24) is 4.90 Å². The van der Waals surface area contributed by atoms with Crippen molar-refractivity contribution in [3.05, 3.63) is 35.9 Å². The third kappa shape index (κ3) is 2.12. The van der Waals surface area contributed by atoms with Crippen molar-refractivity contribution in [2.45, 2.75) is 18.4 Å². The molecule has 3 rings (SSSR count). The molecule has 0 spiro atoms. The fraction of sp³-hybridized carbons (Fsp3) is 0.400. The van der Waals surface area contributed by atoms with Gasteiger partial charge in [0.1, 0.15) is 5.60 Å². The zero-order chi connectivity index (χ0) is 12.6. The van der Waals surface area contributed by atoms with Gasteiger partial charge < -0.3 is 10.0 Å². The predicted molar refractivity (Wildman–Crippen MR) is 67.6 cm³/mol. The zero-order valence-corrected chi connectivity index (χ0v) is 10.1. The molecule has 2 aliphatic rings. The summed E-state index contributed by atoms with van der Waals surface area (Å²) in [6.07, 6.45) is 2.18. The molecule has 1 aromatic carbocycles. The van der Waals surface area contributed by atoms with Gasteiger partial charge in [0.2, 0.25) is 0 Å². The summed E-state index contributed by atoms with van der Waals surface area (Å²) < 4.78 is 0. The van der Waals surface area contributed by atoms with E-state index in [9.17, 15) is 9.90 Å². The number of rotatable bonds is 1. The Kier molecular flexibility index (Phi) is 2.61. The molecule has 1 aliphatic carbocycles. The van der Waals surface area contributed by atoms with Crippen LogP contribution < -0.4 is 0 Å². The van der Waals surface area contributed by atoms with Crippen molar-refractivity contribution in [3.63, 3.8) is 0 Å². The molecule has 1 saturated heterocycles. The molecule has 18 heavy (non-hydrogen) atoms. The van der Waals surface area contributed by atoms with Gasteiger partial charge in [-0.15, -0.1) is 0 Å². The highest BCUT2D eigenvalue weighted by Crippen LogP contribution is 2.44. The molecule has 1 N–H and O–H groups in total. The van der Waals surface area contributed by atoms with Crippen LogP contribution in [0.1, 0.15) is 18.4 Å². The minimum Gasteiger partial charge on any atom is -0.386 e. The largest absolute Gasteiger partial charge is 0.386 e. The maximum atomic E-state index is 11.8. The van der Waals surface area contributed by atoms with Crippen molar-refractivity contribution in [2.75, 3.05) is 13.1 Å². The minimum absolute atomic E-state index is 0.191. The first kappa shape index (κ1) is 11.3. The Labute approximate surface area is 106 Å². The van der Waals surface area contributed by atoms with Gasteiger partial charge in [0.15, 0.2) is 0 Å². The lowest BCUT2D eigenvalue weighted by Gasteiger charge is -2.46. The molecule has 0 aromatic heterocycles. The summed E-state index contributed by atoms with van der Waals surface area (Å²) >= 11 is 0. The number of carbonyl (C=O) groups excluding carboxylic acids is 1. The molecule has 3 heteroatoms. The molecule has 3 nitrogen and oxygen atoms in total. The average Bonchev–Trinajstić information content (AvgIpc) is 3.18. The van der Waals surface area contributed by atoms with E-state index < -0.39 is 5.60 Å². The summed E-state index contributed by atoms with van der Waals surface area (Å²) in [4.78, 5) is 13.4. The van der Waals surface area contributed by atoms with Crippen LogP contribution >= 0.6 is 0 Å². The number of hydrogen-bond donors (Lipinski definition) is 1. The van der Waals surface area contributed by atoms with Crippen LogP contribution in [-0.2, 0) is 4.79 Å². The van der Waals surface area contributed by atoms with Gasteiger partial charge in [-0.25, -0.2) is 0 Å². The number of hydrogen-bond acceptors (Lipinski definition) is 2.